The van der Waals surface area contributed by atoms with Gasteiger partial charge in [-0.15, -0.1) is 0 Å². The van der Waals surface area contributed by atoms with E-state index in [0.717, 1.165) is 12.8 Å². The summed E-state index contributed by atoms with van der Waals surface area (Å²) in [6, 6.07) is 2.33. The summed E-state index contributed by atoms with van der Waals surface area (Å²) in [7, 11) is 0. The summed E-state index contributed by atoms with van der Waals surface area (Å²) in [4.78, 5) is 13.3. The van der Waals surface area contributed by atoms with Crippen molar-refractivity contribution in [1.29, 1.82) is 5.26 Å². The van der Waals surface area contributed by atoms with Crippen LogP contribution in [0.25, 0.3) is 0 Å². The molecule has 0 aromatic rings. The molecular formula is C11H19N3O. The van der Waals surface area contributed by atoms with Crippen molar-refractivity contribution >= 4 is 5.91 Å². The first-order valence-electron chi connectivity index (χ1n) is 5.31. The minimum Gasteiger partial charge on any atom is -0.322 e. The topological polar surface area (TPSA) is 70.1 Å². The number of amides is 1. The number of hydrogen-bond donors (Lipinski definition) is 1. The van der Waals surface area contributed by atoms with Crippen molar-refractivity contribution in [2.75, 3.05) is 13.1 Å². The highest BCUT2D eigenvalue weighted by Crippen LogP contribution is 2.43. The fourth-order valence-corrected chi connectivity index (χ4v) is 2.33. The molecule has 1 aliphatic heterocycles. The predicted octanol–water partition coefficient (Wildman–Crippen LogP) is 0.876. The number of likely N-dealkylation sites (tertiary alicyclic amines) is 1. The van der Waals surface area contributed by atoms with Crippen LogP contribution in [0.4, 0.5) is 0 Å². The molecule has 1 atom stereocenters. The van der Waals surface area contributed by atoms with Crippen LogP contribution in [0.1, 0.15) is 33.6 Å². The summed E-state index contributed by atoms with van der Waals surface area (Å²) in [6.07, 6.45) is 1.63. The smallest absolute Gasteiger partial charge is 0.237 e. The van der Waals surface area contributed by atoms with Gasteiger partial charge in [0, 0.05) is 6.54 Å². The Morgan fingerprint density at radius 2 is 2.20 bits per heavy atom. The lowest BCUT2D eigenvalue weighted by Gasteiger charge is -2.42. The van der Waals surface area contributed by atoms with Crippen LogP contribution in [0.15, 0.2) is 0 Å². The number of rotatable bonds is 1. The predicted molar refractivity (Wildman–Crippen MR) is 57.8 cm³/mol. The van der Waals surface area contributed by atoms with Crippen molar-refractivity contribution in [3.63, 3.8) is 0 Å². The Morgan fingerprint density at radius 3 is 2.60 bits per heavy atom. The lowest BCUT2D eigenvalue weighted by molar-refractivity contribution is -0.135. The van der Waals surface area contributed by atoms with E-state index in [1.165, 1.54) is 0 Å². The van der Waals surface area contributed by atoms with Crippen molar-refractivity contribution in [2.24, 2.45) is 11.1 Å². The van der Waals surface area contributed by atoms with Gasteiger partial charge >= 0.3 is 0 Å². The van der Waals surface area contributed by atoms with Crippen molar-refractivity contribution < 1.29 is 4.79 Å². The molecule has 1 saturated heterocycles. The van der Waals surface area contributed by atoms with E-state index in [4.69, 9.17) is 5.73 Å². The van der Waals surface area contributed by atoms with Crippen LogP contribution in [0.2, 0.25) is 0 Å². The zero-order valence-corrected chi connectivity index (χ0v) is 9.71. The molecule has 1 aliphatic rings. The second kappa shape index (κ2) is 3.82. The summed E-state index contributed by atoms with van der Waals surface area (Å²) >= 11 is 0. The summed E-state index contributed by atoms with van der Waals surface area (Å²) in [5, 5.41) is 9.38. The van der Waals surface area contributed by atoms with Crippen molar-refractivity contribution in [3.05, 3.63) is 0 Å². The Labute approximate surface area is 91.0 Å². The number of nitrogens with two attached hydrogens (primary N) is 1. The van der Waals surface area contributed by atoms with Gasteiger partial charge < -0.3 is 10.6 Å². The van der Waals surface area contributed by atoms with E-state index in [1.807, 2.05) is 20.8 Å². The van der Waals surface area contributed by atoms with E-state index in [9.17, 15) is 10.1 Å². The van der Waals surface area contributed by atoms with Crippen LogP contribution in [-0.4, -0.2) is 29.4 Å². The molecule has 0 bridgehead atoms. The quantitative estimate of drug-likeness (QED) is 0.696. The number of nitrogens with zero attached hydrogens (tertiary/aromatic N) is 2. The lowest BCUT2D eigenvalue weighted by atomic mass is 9.72. The van der Waals surface area contributed by atoms with Gasteiger partial charge in [-0.25, -0.2) is 0 Å². The Hall–Kier alpha value is -1.08. The molecule has 0 saturated carbocycles. The first kappa shape index (κ1) is 12.0. The van der Waals surface area contributed by atoms with Gasteiger partial charge in [0.1, 0.15) is 5.54 Å². The van der Waals surface area contributed by atoms with Crippen molar-refractivity contribution in [2.45, 2.75) is 39.2 Å². The second-order valence-electron chi connectivity index (χ2n) is 5.08. The Bertz CT molecular complexity index is 300. The van der Waals surface area contributed by atoms with Crippen molar-refractivity contribution in [1.82, 2.24) is 4.90 Å². The Balaban J connectivity index is 3.09. The average molecular weight is 209 g/mol. The molecule has 2 N–H and O–H groups in total. The zero-order chi connectivity index (χ0) is 11.7. The van der Waals surface area contributed by atoms with Gasteiger partial charge in [-0.1, -0.05) is 20.8 Å². The maximum Gasteiger partial charge on any atom is 0.237 e. The molecule has 0 aromatic carbocycles. The highest BCUT2D eigenvalue weighted by atomic mass is 16.2. The monoisotopic (exact) mass is 209 g/mol. The number of nitriles is 1. The first-order valence-corrected chi connectivity index (χ1v) is 5.31. The van der Waals surface area contributed by atoms with Crippen molar-refractivity contribution in [3.8, 4) is 6.07 Å². The van der Waals surface area contributed by atoms with E-state index >= 15 is 0 Å². The molecule has 1 fully saturated rings. The Morgan fingerprint density at radius 1 is 1.60 bits per heavy atom. The van der Waals surface area contributed by atoms with E-state index in [0.29, 0.717) is 6.54 Å². The molecule has 4 nitrogen and oxygen atoms in total. The van der Waals surface area contributed by atoms with Crippen LogP contribution in [0, 0.1) is 16.7 Å². The molecule has 0 aromatic heterocycles. The van der Waals surface area contributed by atoms with E-state index in [-0.39, 0.29) is 17.9 Å². The molecule has 1 rings (SSSR count). The molecular weight excluding hydrogens is 190 g/mol. The molecule has 4 heteroatoms. The van der Waals surface area contributed by atoms with Gasteiger partial charge in [0.2, 0.25) is 5.91 Å². The zero-order valence-electron chi connectivity index (χ0n) is 9.71. The normalized spacial score (nSPS) is 26.5. The first-order chi connectivity index (χ1) is 6.89. The molecule has 84 valence electrons. The van der Waals surface area contributed by atoms with Gasteiger partial charge in [-0.3, -0.25) is 4.79 Å². The molecule has 15 heavy (non-hydrogen) atoms. The van der Waals surface area contributed by atoms with E-state index in [2.05, 4.69) is 6.07 Å². The van der Waals surface area contributed by atoms with Gasteiger partial charge in [0.25, 0.3) is 0 Å². The molecule has 0 radical (unpaired) electrons. The summed E-state index contributed by atoms with van der Waals surface area (Å²) in [5.74, 6) is -0.121. The largest absolute Gasteiger partial charge is 0.322 e. The summed E-state index contributed by atoms with van der Waals surface area (Å²) in [6.45, 7) is 6.63. The molecule has 1 amide bonds. The minimum absolute atomic E-state index is 0.0144. The maximum absolute atomic E-state index is 11.7. The molecule has 0 aliphatic carbocycles. The summed E-state index contributed by atoms with van der Waals surface area (Å²) < 4.78 is 0. The SMILES string of the molecule is CC(C)(C)[C@@]1(C#N)CCCN1C(=O)CN. The van der Waals surface area contributed by atoms with Crippen LogP contribution in [0.5, 0.6) is 0 Å². The highest BCUT2D eigenvalue weighted by molar-refractivity contribution is 5.80. The van der Waals surface area contributed by atoms with Gasteiger partial charge in [0.15, 0.2) is 0 Å². The van der Waals surface area contributed by atoms with Crippen LogP contribution in [0.3, 0.4) is 0 Å². The summed E-state index contributed by atoms with van der Waals surface area (Å²) in [5.41, 5.74) is 4.46. The highest BCUT2D eigenvalue weighted by Gasteiger charge is 2.51. The van der Waals surface area contributed by atoms with Crippen LogP contribution < -0.4 is 5.73 Å². The third kappa shape index (κ3) is 1.72. The maximum atomic E-state index is 11.7. The number of carbonyl (C=O) groups excluding carboxylic acids is 1. The average Bonchev–Trinajstić information content (AvgIpc) is 2.60. The molecule has 0 unspecified atom stereocenters. The molecule has 1 heterocycles. The standard InChI is InChI=1S/C11H19N3O/c1-10(2,3)11(8-13)5-4-6-14(11)9(15)7-12/h4-7,12H2,1-3H3/t11-/m0/s1. The fraction of sp³-hybridized carbons (Fsp3) is 0.818. The third-order valence-corrected chi connectivity index (χ3v) is 3.28. The van der Waals surface area contributed by atoms with Gasteiger partial charge in [0.05, 0.1) is 12.6 Å². The minimum atomic E-state index is -0.677. The molecule has 0 spiro atoms. The van der Waals surface area contributed by atoms with Gasteiger partial charge in [-0.05, 0) is 18.3 Å². The number of carbonyl (C=O) groups is 1. The van der Waals surface area contributed by atoms with E-state index < -0.39 is 5.54 Å². The second-order valence-corrected chi connectivity index (χ2v) is 5.08. The fourth-order valence-electron chi connectivity index (χ4n) is 2.33. The third-order valence-electron chi connectivity index (χ3n) is 3.28. The van der Waals surface area contributed by atoms with Crippen LogP contribution >= 0.6 is 0 Å². The Kier molecular flexibility index (Phi) is 3.05. The lowest BCUT2D eigenvalue weighted by Crippen LogP contribution is -2.56. The van der Waals surface area contributed by atoms with Crippen LogP contribution in [-0.2, 0) is 4.79 Å². The number of hydrogen-bond acceptors (Lipinski definition) is 3. The van der Waals surface area contributed by atoms with Gasteiger partial charge in [-0.2, -0.15) is 5.26 Å². The van der Waals surface area contributed by atoms with E-state index in [1.54, 1.807) is 4.90 Å².